The van der Waals surface area contributed by atoms with E-state index < -0.39 is 0 Å². The van der Waals surface area contributed by atoms with Gasteiger partial charge in [0.25, 0.3) is 0 Å². The van der Waals surface area contributed by atoms with Gasteiger partial charge in [0.2, 0.25) is 11.7 Å². The van der Waals surface area contributed by atoms with Crippen molar-refractivity contribution in [3.05, 3.63) is 11.7 Å². The Morgan fingerprint density at radius 3 is 2.94 bits per heavy atom. The smallest absolute Gasteiger partial charge is 0.230 e. The van der Waals surface area contributed by atoms with E-state index in [1.54, 1.807) is 0 Å². The van der Waals surface area contributed by atoms with Crippen molar-refractivity contribution < 1.29 is 9.26 Å². The standard InChI is InChI=1S/C13H21N3O2/c1-13(2)5-3-4-9(13)12-15-11(16-18-12)10-8-14-6-7-17-10/h9-10,14H,3-8H2,1-2H3. The SMILES string of the molecule is CC1(C)CCCC1c1nc(C2CNCCO2)no1. The normalized spacial score (nSPS) is 31.7. The molecule has 3 rings (SSSR count). The fourth-order valence-corrected chi connectivity index (χ4v) is 3.04. The molecule has 1 aromatic heterocycles. The quantitative estimate of drug-likeness (QED) is 0.871. The maximum absolute atomic E-state index is 5.64. The summed E-state index contributed by atoms with van der Waals surface area (Å²) in [6.07, 6.45) is 3.58. The lowest BCUT2D eigenvalue weighted by atomic mass is 9.82. The van der Waals surface area contributed by atoms with E-state index in [9.17, 15) is 0 Å². The third-order valence-electron chi connectivity index (χ3n) is 4.23. The fraction of sp³-hybridized carbons (Fsp3) is 0.846. The Morgan fingerprint density at radius 1 is 1.39 bits per heavy atom. The lowest BCUT2D eigenvalue weighted by Gasteiger charge is -2.23. The van der Waals surface area contributed by atoms with E-state index in [0.717, 1.165) is 25.4 Å². The van der Waals surface area contributed by atoms with Crippen molar-refractivity contribution in [1.29, 1.82) is 0 Å². The van der Waals surface area contributed by atoms with Crippen LogP contribution in [0.3, 0.4) is 0 Å². The zero-order valence-electron chi connectivity index (χ0n) is 11.1. The molecular formula is C13H21N3O2. The summed E-state index contributed by atoms with van der Waals surface area (Å²) in [4.78, 5) is 4.57. The van der Waals surface area contributed by atoms with Crippen LogP contribution in [-0.2, 0) is 4.74 Å². The minimum atomic E-state index is -0.0548. The molecule has 0 aromatic carbocycles. The lowest BCUT2D eigenvalue weighted by molar-refractivity contribution is 0.0208. The number of nitrogens with zero attached hydrogens (tertiary/aromatic N) is 2. The van der Waals surface area contributed by atoms with E-state index in [1.807, 2.05) is 0 Å². The van der Waals surface area contributed by atoms with Crippen LogP contribution in [0, 0.1) is 5.41 Å². The van der Waals surface area contributed by atoms with Crippen LogP contribution in [0.25, 0.3) is 0 Å². The Hall–Kier alpha value is -0.940. The molecule has 1 aliphatic carbocycles. The summed E-state index contributed by atoms with van der Waals surface area (Å²) in [5.74, 6) is 1.89. The number of ether oxygens (including phenoxy) is 1. The van der Waals surface area contributed by atoms with Gasteiger partial charge in [-0.05, 0) is 18.3 Å². The summed E-state index contributed by atoms with van der Waals surface area (Å²) in [5.41, 5.74) is 0.273. The first-order valence-electron chi connectivity index (χ1n) is 6.83. The van der Waals surface area contributed by atoms with Gasteiger partial charge in [-0.15, -0.1) is 0 Å². The average Bonchev–Trinajstić information content (AvgIpc) is 2.96. The Morgan fingerprint density at radius 2 is 2.28 bits per heavy atom. The van der Waals surface area contributed by atoms with Crippen LogP contribution in [0.15, 0.2) is 4.52 Å². The molecule has 1 aromatic rings. The van der Waals surface area contributed by atoms with Gasteiger partial charge in [-0.3, -0.25) is 0 Å². The Balaban J connectivity index is 1.76. The van der Waals surface area contributed by atoms with Gasteiger partial charge in [0, 0.05) is 19.0 Å². The highest BCUT2D eigenvalue weighted by Gasteiger charge is 2.39. The summed E-state index contributed by atoms with van der Waals surface area (Å²) in [6, 6.07) is 0. The molecule has 5 nitrogen and oxygen atoms in total. The van der Waals surface area contributed by atoms with Crippen LogP contribution >= 0.6 is 0 Å². The second-order valence-corrected chi connectivity index (χ2v) is 5.99. The Bertz CT molecular complexity index is 410. The maximum atomic E-state index is 5.64. The Kier molecular flexibility index (Phi) is 3.11. The molecule has 18 heavy (non-hydrogen) atoms. The summed E-state index contributed by atoms with van der Waals surface area (Å²) in [7, 11) is 0. The molecule has 2 heterocycles. The van der Waals surface area contributed by atoms with Crippen molar-refractivity contribution >= 4 is 0 Å². The predicted molar refractivity (Wildman–Crippen MR) is 66.2 cm³/mol. The van der Waals surface area contributed by atoms with Crippen LogP contribution in [0.1, 0.15) is 56.8 Å². The first-order chi connectivity index (χ1) is 8.67. The first-order valence-corrected chi connectivity index (χ1v) is 6.83. The Labute approximate surface area is 107 Å². The summed E-state index contributed by atoms with van der Waals surface area (Å²) >= 11 is 0. The molecule has 0 bridgehead atoms. The van der Waals surface area contributed by atoms with E-state index in [4.69, 9.17) is 9.26 Å². The summed E-state index contributed by atoms with van der Waals surface area (Å²) < 4.78 is 11.1. The molecule has 2 unspecified atom stereocenters. The van der Waals surface area contributed by atoms with Gasteiger partial charge in [-0.1, -0.05) is 25.4 Å². The monoisotopic (exact) mass is 251 g/mol. The fourth-order valence-electron chi connectivity index (χ4n) is 3.04. The predicted octanol–water partition coefficient (Wildman–Crippen LogP) is 2.02. The topological polar surface area (TPSA) is 60.2 Å². The van der Waals surface area contributed by atoms with Gasteiger partial charge >= 0.3 is 0 Å². The number of morpholine rings is 1. The van der Waals surface area contributed by atoms with E-state index in [2.05, 4.69) is 29.3 Å². The molecular weight excluding hydrogens is 230 g/mol. The number of nitrogens with one attached hydrogen (secondary N) is 1. The van der Waals surface area contributed by atoms with Crippen LogP contribution in [0.4, 0.5) is 0 Å². The molecule has 1 N–H and O–H groups in total. The second kappa shape index (κ2) is 4.63. The third-order valence-corrected chi connectivity index (χ3v) is 4.23. The van der Waals surface area contributed by atoms with Crippen molar-refractivity contribution in [3.63, 3.8) is 0 Å². The van der Waals surface area contributed by atoms with Gasteiger partial charge in [-0.25, -0.2) is 0 Å². The molecule has 2 fully saturated rings. The molecule has 0 spiro atoms. The van der Waals surface area contributed by atoms with Gasteiger partial charge in [-0.2, -0.15) is 4.98 Å². The summed E-state index contributed by atoms with van der Waals surface area (Å²) in [5, 5.41) is 7.38. The molecule has 5 heteroatoms. The van der Waals surface area contributed by atoms with Gasteiger partial charge in [0.1, 0.15) is 6.10 Å². The van der Waals surface area contributed by atoms with Gasteiger partial charge in [0.15, 0.2) is 0 Å². The van der Waals surface area contributed by atoms with Crippen LogP contribution in [-0.4, -0.2) is 29.8 Å². The lowest BCUT2D eigenvalue weighted by Crippen LogP contribution is -2.33. The van der Waals surface area contributed by atoms with E-state index in [1.165, 1.54) is 12.8 Å². The number of hydrogen-bond acceptors (Lipinski definition) is 5. The average molecular weight is 251 g/mol. The number of rotatable bonds is 2. The largest absolute Gasteiger partial charge is 0.367 e. The van der Waals surface area contributed by atoms with Crippen LogP contribution in [0.2, 0.25) is 0 Å². The highest BCUT2D eigenvalue weighted by atomic mass is 16.5. The minimum absolute atomic E-state index is 0.0548. The molecule has 2 aliphatic rings. The van der Waals surface area contributed by atoms with Gasteiger partial charge in [0.05, 0.1) is 6.61 Å². The number of aromatic nitrogens is 2. The maximum Gasteiger partial charge on any atom is 0.230 e. The molecule has 1 saturated carbocycles. The second-order valence-electron chi connectivity index (χ2n) is 5.99. The van der Waals surface area contributed by atoms with Gasteiger partial charge < -0.3 is 14.6 Å². The van der Waals surface area contributed by atoms with Crippen molar-refractivity contribution in [1.82, 2.24) is 15.5 Å². The number of hydrogen-bond donors (Lipinski definition) is 1. The molecule has 100 valence electrons. The van der Waals surface area contributed by atoms with E-state index >= 15 is 0 Å². The summed E-state index contributed by atoms with van der Waals surface area (Å²) in [6.45, 7) is 6.95. The zero-order valence-corrected chi connectivity index (χ0v) is 11.1. The first kappa shape index (κ1) is 12.1. The molecule has 0 radical (unpaired) electrons. The van der Waals surface area contributed by atoms with Crippen molar-refractivity contribution in [3.8, 4) is 0 Å². The zero-order chi connectivity index (χ0) is 12.6. The van der Waals surface area contributed by atoms with E-state index in [-0.39, 0.29) is 11.5 Å². The molecule has 1 saturated heterocycles. The van der Waals surface area contributed by atoms with Crippen molar-refractivity contribution in [2.24, 2.45) is 5.41 Å². The van der Waals surface area contributed by atoms with Crippen LogP contribution in [0.5, 0.6) is 0 Å². The van der Waals surface area contributed by atoms with Crippen LogP contribution < -0.4 is 5.32 Å². The molecule has 1 aliphatic heterocycles. The highest BCUT2D eigenvalue weighted by molar-refractivity contribution is 5.05. The molecule has 0 amide bonds. The highest BCUT2D eigenvalue weighted by Crippen LogP contribution is 2.48. The molecule has 2 atom stereocenters. The third kappa shape index (κ3) is 2.17. The minimum Gasteiger partial charge on any atom is -0.367 e. The van der Waals surface area contributed by atoms with Crippen molar-refractivity contribution in [2.45, 2.75) is 45.1 Å². The van der Waals surface area contributed by atoms with E-state index in [0.29, 0.717) is 18.3 Å². The van der Waals surface area contributed by atoms with Crippen molar-refractivity contribution in [2.75, 3.05) is 19.7 Å².